The van der Waals surface area contributed by atoms with E-state index >= 15 is 0 Å². The molecule has 1 N–H and O–H groups in total. The van der Waals surface area contributed by atoms with Crippen molar-refractivity contribution >= 4 is 11.8 Å². The molecular weight excluding hydrogens is 258 g/mol. The number of hydrogen-bond donors (Lipinski definition) is 1. The van der Waals surface area contributed by atoms with Crippen molar-refractivity contribution in [2.45, 2.75) is 62.9 Å². The monoisotopic (exact) mass is 283 g/mol. The quantitative estimate of drug-likeness (QED) is 0.869. The minimum absolute atomic E-state index is 0.119. The standard InChI is InChI=1S/C14H25N3OS/c1-4-5-14(6-8-15-9-7-14)13-16-12(17-18-13)10-19-11(2)3/h11,15H,4-10H2,1-3H3. The molecule has 0 radical (unpaired) electrons. The Labute approximate surface area is 120 Å². The maximum Gasteiger partial charge on any atom is 0.232 e. The zero-order valence-electron chi connectivity index (χ0n) is 12.2. The molecule has 1 aliphatic rings. The second-order valence-electron chi connectivity index (χ2n) is 5.66. The van der Waals surface area contributed by atoms with E-state index in [-0.39, 0.29) is 5.41 Å². The van der Waals surface area contributed by atoms with Crippen molar-refractivity contribution in [2.24, 2.45) is 0 Å². The lowest BCUT2D eigenvalue weighted by Crippen LogP contribution is -2.40. The van der Waals surface area contributed by atoms with Crippen LogP contribution in [0.3, 0.4) is 0 Å². The van der Waals surface area contributed by atoms with E-state index in [4.69, 9.17) is 4.52 Å². The third-order valence-corrected chi connectivity index (χ3v) is 4.85. The first-order valence-electron chi connectivity index (χ1n) is 7.32. The van der Waals surface area contributed by atoms with Crippen molar-refractivity contribution in [3.8, 4) is 0 Å². The van der Waals surface area contributed by atoms with Gasteiger partial charge in [0.15, 0.2) is 5.82 Å². The summed E-state index contributed by atoms with van der Waals surface area (Å²) in [4.78, 5) is 4.67. The summed E-state index contributed by atoms with van der Waals surface area (Å²) in [5.74, 6) is 2.57. The third kappa shape index (κ3) is 3.72. The van der Waals surface area contributed by atoms with E-state index in [1.165, 1.54) is 6.42 Å². The Balaban J connectivity index is 2.09. The average Bonchev–Trinajstić information content (AvgIpc) is 2.87. The normalized spacial score (nSPS) is 18.9. The van der Waals surface area contributed by atoms with Crippen molar-refractivity contribution in [3.05, 3.63) is 11.7 Å². The smallest absolute Gasteiger partial charge is 0.232 e. The summed E-state index contributed by atoms with van der Waals surface area (Å²) < 4.78 is 5.59. The molecule has 1 saturated heterocycles. The van der Waals surface area contributed by atoms with Crippen LogP contribution in [0.5, 0.6) is 0 Å². The van der Waals surface area contributed by atoms with Crippen molar-refractivity contribution in [1.29, 1.82) is 0 Å². The van der Waals surface area contributed by atoms with Gasteiger partial charge in [0.05, 0.1) is 11.2 Å². The molecular formula is C14H25N3OS. The fourth-order valence-corrected chi connectivity index (χ4v) is 3.32. The lowest BCUT2D eigenvalue weighted by Gasteiger charge is -2.34. The average molecular weight is 283 g/mol. The molecule has 108 valence electrons. The largest absolute Gasteiger partial charge is 0.339 e. The van der Waals surface area contributed by atoms with E-state index in [9.17, 15) is 0 Å². The summed E-state index contributed by atoms with van der Waals surface area (Å²) in [6.45, 7) is 8.72. The van der Waals surface area contributed by atoms with Crippen LogP contribution >= 0.6 is 11.8 Å². The van der Waals surface area contributed by atoms with Gasteiger partial charge in [0, 0.05) is 0 Å². The summed E-state index contributed by atoms with van der Waals surface area (Å²) in [6, 6.07) is 0. The molecule has 1 fully saturated rings. The molecule has 2 rings (SSSR count). The van der Waals surface area contributed by atoms with Gasteiger partial charge in [-0.2, -0.15) is 16.7 Å². The predicted octanol–water partition coefficient (Wildman–Crippen LogP) is 3.13. The number of nitrogens with zero attached hydrogens (tertiary/aromatic N) is 2. The van der Waals surface area contributed by atoms with Crippen molar-refractivity contribution in [1.82, 2.24) is 15.5 Å². The SMILES string of the molecule is CCCC1(c2nc(CSC(C)C)no2)CCNCC1. The molecule has 0 amide bonds. The van der Waals surface area contributed by atoms with Gasteiger partial charge in [0.25, 0.3) is 0 Å². The Morgan fingerprint density at radius 3 is 2.74 bits per heavy atom. The first kappa shape index (κ1) is 14.9. The van der Waals surface area contributed by atoms with Crippen LogP contribution in [0.1, 0.15) is 58.2 Å². The van der Waals surface area contributed by atoms with E-state index in [2.05, 4.69) is 36.2 Å². The number of hydrogen-bond acceptors (Lipinski definition) is 5. The van der Waals surface area contributed by atoms with Crippen LogP contribution in [0.4, 0.5) is 0 Å². The van der Waals surface area contributed by atoms with Gasteiger partial charge in [0.1, 0.15) is 0 Å². The fraction of sp³-hybridized carbons (Fsp3) is 0.857. The maximum atomic E-state index is 5.59. The van der Waals surface area contributed by atoms with Gasteiger partial charge in [-0.25, -0.2) is 0 Å². The molecule has 1 aliphatic heterocycles. The van der Waals surface area contributed by atoms with Gasteiger partial charge in [-0.05, 0) is 37.6 Å². The summed E-state index contributed by atoms with van der Waals surface area (Å²) in [5.41, 5.74) is 0.119. The molecule has 5 heteroatoms. The molecule has 4 nitrogen and oxygen atoms in total. The van der Waals surface area contributed by atoms with Crippen LogP contribution in [0.15, 0.2) is 4.52 Å². The molecule has 0 saturated carbocycles. The molecule has 0 bridgehead atoms. The third-order valence-electron chi connectivity index (χ3n) is 3.76. The van der Waals surface area contributed by atoms with Gasteiger partial charge in [-0.3, -0.25) is 0 Å². The molecule has 0 spiro atoms. The predicted molar refractivity (Wildman–Crippen MR) is 79.4 cm³/mol. The first-order valence-corrected chi connectivity index (χ1v) is 8.36. The minimum atomic E-state index is 0.119. The van der Waals surface area contributed by atoms with Crippen molar-refractivity contribution < 1.29 is 4.52 Å². The number of piperidine rings is 1. The summed E-state index contributed by atoms with van der Waals surface area (Å²) in [5, 5.41) is 8.19. The zero-order chi connectivity index (χ0) is 13.7. The van der Waals surface area contributed by atoms with Crippen molar-refractivity contribution in [2.75, 3.05) is 13.1 Å². The van der Waals surface area contributed by atoms with E-state index in [1.807, 2.05) is 11.8 Å². The first-order chi connectivity index (χ1) is 9.16. The van der Waals surface area contributed by atoms with E-state index in [0.29, 0.717) is 5.25 Å². The minimum Gasteiger partial charge on any atom is -0.339 e. The number of thioether (sulfide) groups is 1. The lowest BCUT2D eigenvalue weighted by molar-refractivity contribution is 0.208. The van der Waals surface area contributed by atoms with Gasteiger partial charge in [-0.1, -0.05) is 32.3 Å². The molecule has 0 aromatic carbocycles. The Kier molecular flexibility index (Phi) is 5.28. The van der Waals surface area contributed by atoms with E-state index in [1.54, 1.807) is 0 Å². The van der Waals surface area contributed by atoms with Crippen molar-refractivity contribution in [3.63, 3.8) is 0 Å². The molecule has 1 aromatic rings. The zero-order valence-corrected chi connectivity index (χ0v) is 13.1. The Hall–Kier alpha value is -0.550. The molecule has 0 aliphatic carbocycles. The van der Waals surface area contributed by atoms with Crippen LogP contribution in [0.2, 0.25) is 0 Å². The van der Waals surface area contributed by atoms with Gasteiger partial charge >= 0.3 is 0 Å². The van der Waals surface area contributed by atoms with E-state index < -0.39 is 0 Å². The van der Waals surface area contributed by atoms with Crippen LogP contribution in [-0.4, -0.2) is 28.5 Å². The second-order valence-corrected chi connectivity index (χ2v) is 7.22. The molecule has 2 heterocycles. The molecule has 0 unspecified atom stereocenters. The van der Waals surface area contributed by atoms with Crippen LogP contribution in [-0.2, 0) is 11.2 Å². The number of rotatable bonds is 6. The number of aromatic nitrogens is 2. The Bertz CT molecular complexity index is 380. The second kappa shape index (κ2) is 6.75. The van der Waals surface area contributed by atoms with Crippen LogP contribution in [0, 0.1) is 0 Å². The van der Waals surface area contributed by atoms with Gasteiger partial charge < -0.3 is 9.84 Å². The highest BCUT2D eigenvalue weighted by molar-refractivity contribution is 7.99. The maximum absolute atomic E-state index is 5.59. The highest BCUT2D eigenvalue weighted by Gasteiger charge is 2.38. The summed E-state index contributed by atoms with van der Waals surface area (Å²) in [6.07, 6.45) is 4.53. The van der Waals surface area contributed by atoms with E-state index in [0.717, 1.165) is 49.8 Å². The summed E-state index contributed by atoms with van der Waals surface area (Å²) >= 11 is 1.86. The Morgan fingerprint density at radius 1 is 1.37 bits per heavy atom. The van der Waals surface area contributed by atoms with Crippen LogP contribution in [0.25, 0.3) is 0 Å². The molecule has 1 aromatic heterocycles. The lowest BCUT2D eigenvalue weighted by atomic mass is 9.75. The van der Waals surface area contributed by atoms with Gasteiger partial charge in [0.2, 0.25) is 5.89 Å². The highest BCUT2D eigenvalue weighted by atomic mass is 32.2. The summed E-state index contributed by atoms with van der Waals surface area (Å²) in [7, 11) is 0. The highest BCUT2D eigenvalue weighted by Crippen LogP contribution is 2.37. The molecule has 0 atom stereocenters. The number of nitrogens with one attached hydrogen (secondary N) is 1. The topological polar surface area (TPSA) is 51.0 Å². The Morgan fingerprint density at radius 2 is 2.11 bits per heavy atom. The van der Waals surface area contributed by atoms with Gasteiger partial charge in [-0.15, -0.1) is 0 Å². The molecule has 19 heavy (non-hydrogen) atoms. The van der Waals surface area contributed by atoms with Crippen LogP contribution < -0.4 is 5.32 Å². The fourth-order valence-electron chi connectivity index (χ4n) is 2.72.